The Labute approximate surface area is 150 Å². The van der Waals surface area contributed by atoms with Crippen LogP contribution in [-0.4, -0.2) is 24.1 Å². The number of carbonyl (C=O) groups excluding carboxylic acids is 2. The third kappa shape index (κ3) is 3.74. The van der Waals surface area contributed by atoms with Gasteiger partial charge >= 0.3 is 0 Å². The van der Waals surface area contributed by atoms with Gasteiger partial charge in [-0.1, -0.05) is 35.9 Å². The van der Waals surface area contributed by atoms with E-state index in [9.17, 15) is 9.59 Å². The van der Waals surface area contributed by atoms with Gasteiger partial charge in [-0.05, 0) is 36.8 Å². The topological polar surface area (TPSA) is 49.4 Å². The molecule has 6 heteroatoms. The minimum atomic E-state index is -0.197. The van der Waals surface area contributed by atoms with Crippen LogP contribution in [0.15, 0.2) is 53.4 Å². The molecule has 0 saturated heterocycles. The Morgan fingerprint density at radius 2 is 2.08 bits per heavy atom. The maximum atomic E-state index is 12.4. The maximum absolute atomic E-state index is 12.4. The zero-order chi connectivity index (χ0) is 17.1. The van der Waals surface area contributed by atoms with Gasteiger partial charge in [0.15, 0.2) is 0 Å². The molecular weight excluding hydrogens is 344 g/mol. The summed E-state index contributed by atoms with van der Waals surface area (Å²) in [6.45, 7) is 1.91. The van der Waals surface area contributed by atoms with Crippen LogP contribution >= 0.6 is 23.4 Å². The number of benzene rings is 2. The predicted octanol–water partition coefficient (Wildman–Crippen LogP) is 3.66. The predicted molar refractivity (Wildman–Crippen MR) is 97.5 cm³/mol. The van der Waals surface area contributed by atoms with E-state index in [-0.39, 0.29) is 24.4 Å². The number of hydrogen-bond acceptors (Lipinski definition) is 3. The van der Waals surface area contributed by atoms with Crippen LogP contribution in [0.5, 0.6) is 0 Å². The highest BCUT2D eigenvalue weighted by atomic mass is 35.5. The molecule has 24 heavy (non-hydrogen) atoms. The number of para-hydroxylation sites is 1. The third-order valence-electron chi connectivity index (χ3n) is 3.84. The number of anilines is 1. The Kier molecular flexibility index (Phi) is 5.11. The number of fused-ring (bicyclic) bond motifs is 1. The largest absolute Gasteiger partial charge is 0.348 e. The number of hydrogen-bond donors (Lipinski definition) is 1. The molecule has 4 nitrogen and oxygen atoms in total. The first-order chi connectivity index (χ1) is 11.5. The number of nitrogens with one attached hydrogen (secondary N) is 1. The van der Waals surface area contributed by atoms with Crippen molar-refractivity contribution in [2.75, 3.05) is 17.2 Å². The Morgan fingerprint density at radius 1 is 1.29 bits per heavy atom. The lowest BCUT2D eigenvalue weighted by molar-refractivity contribution is -0.123. The van der Waals surface area contributed by atoms with Gasteiger partial charge in [0.05, 0.1) is 17.5 Å². The molecule has 1 heterocycles. The molecule has 0 bridgehead atoms. The zero-order valence-electron chi connectivity index (χ0n) is 13.2. The summed E-state index contributed by atoms with van der Waals surface area (Å²) in [5.41, 5.74) is 1.72. The summed E-state index contributed by atoms with van der Waals surface area (Å²) in [5, 5.41) is 3.55. The number of halogens is 1. The monoisotopic (exact) mass is 360 g/mol. The van der Waals surface area contributed by atoms with Crippen LogP contribution in [0.4, 0.5) is 5.69 Å². The normalized spacial score (nSPS) is 14.9. The number of rotatable bonds is 4. The highest BCUT2D eigenvalue weighted by Gasteiger charge is 2.26. The molecule has 2 aromatic rings. The van der Waals surface area contributed by atoms with Crippen LogP contribution in [0, 0.1) is 0 Å². The summed E-state index contributed by atoms with van der Waals surface area (Å²) < 4.78 is 0. The summed E-state index contributed by atoms with van der Waals surface area (Å²) in [4.78, 5) is 27.2. The number of nitrogens with zero attached hydrogens (tertiary/aromatic N) is 1. The fourth-order valence-corrected chi connectivity index (χ4v) is 3.75. The molecular formula is C18H17ClN2O2S. The SMILES string of the molecule is CC(NC(=O)CN1C(=O)CSc2ccccc21)c1cccc(Cl)c1. The molecule has 1 N–H and O–H groups in total. The molecule has 0 aromatic heterocycles. The number of carbonyl (C=O) groups is 2. The van der Waals surface area contributed by atoms with E-state index in [1.165, 1.54) is 11.8 Å². The van der Waals surface area contributed by atoms with E-state index in [0.29, 0.717) is 10.8 Å². The van der Waals surface area contributed by atoms with Crippen molar-refractivity contribution in [3.8, 4) is 0 Å². The van der Waals surface area contributed by atoms with Gasteiger partial charge in [-0.15, -0.1) is 11.8 Å². The van der Waals surface area contributed by atoms with Crippen LogP contribution in [-0.2, 0) is 9.59 Å². The standard InChI is InChI=1S/C18H17ClN2O2S/c1-12(13-5-4-6-14(19)9-13)20-17(22)10-21-15-7-2-3-8-16(15)24-11-18(21)23/h2-9,12H,10-11H2,1H3,(H,20,22). The van der Waals surface area contributed by atoms with Crippen LogP contribution < -0.4 is 10.2 Å². The van der Waals surface area contributed by atoms with Crippen molar-refractivity contribution >= 4 is 40.9 Å². The lowest BCUT2D eigenvalue weighted by atomic mass is 10.1. The second-order valence-corrected chi connectivity index (χ2v) is 7.03. The first-order valence-electron chi connectivity index (χ1n) is 7.61. The molecule has 0 spiro atoms. The quantitative estimate of drug-likeness (QED) is 0.905. The molecule has 0 radical (unpaired) electrons. The van der Waals surface area contributed by atoms with Crippen LogP contribution in [0.1, 0.15) is 18.5 Å². The summed E-state index contributed by atoms with van der Waals surface area (Å²) in [7, 11) is 0. The minimum absolute atomic E-state index is 0.0152. The Balaban J connectivity index is 1.70. The van der Waals surface area contributed by atoms with Gasteiger partial charge < -0.3 is 10.2 Å². The van der Waals surface area contributed by atoms with Crippen LogP contribution in [0.2, 0.25) is 5.02 Å². The first kappa shape index (κ1) is 16.9. The molecule has 1 aliphatic rings. The van der Waals surface area contributed by atoms with E-state index < -0.39 is 0 Å². The molecule has 1 aliphatic heterocycles. The lowest BCUT2D eigenvalue weighted by Crippen LogP contribution is -2.43. The molecule has 3 rings (SSSR count). The average Bonchev–Trinajstić information content (AvgIpc) is 2.57. The van der Waals surface area contributed by atoms with Gasteiger partial charge in [0.2, 0.25) is 11.8 Å². The highest BCUT2D eigenvalue weighted by Crippen LogP contribution is 2.34. The minimum Gasteiger partial charge on any atom is -0.348 e. The number of thioether (sulfide) groups is 1. The van der Waals surface area contributed by atoms with Gasteiger partial charge in [0.25, 0.3) is 0 Å². The van der Waals surface area contributed by atoms with Crippen molar-refractivity contribution in [2.45, 2.75) is 17.9 Å². The van der Waals surface area contributed by atoms with Gasteiger partial charge in [0, 0.05) is 9.92 Å². The first-order valence-corrected chi connectivity index (χ1v) is 8.98. The fourth-order valence-electron chi connectivity index (χ4n) is 2.62. The van der Waals surface area contributed by atoms with E-state index >= 15 is 0 Å². The van der Waals surface area contributed by atoms with Crippen molar-refractivity contribution < 1.29 is 9.59 Å². The van der Waals surface area contributed by atoms with Crippen molar-refractivity contribution in [3.05, 3.63) is 59.1 Å². The van der Waals surface area contributed by atoms with Crippen LogP contribution in [0.25, 0.3) is 0 Å². The van der Waals surface area contributed by atoms with Crippen molar-refractivity contribution in [3.63, 3.8) is 0 Å². The van der Waals surface area contributed by atoms with Crippen LogP contribution in [0.3, 0.4) is 0 Å². The second-order valence-electron chi connectivity index (χ2n) is 5.58. The molecule has 124 valence electrons. The van der Waals surface area contributed by atoms with E-state index in [0.717, 1.165) is 16.1 Å². The summed E-state index contributed by atoms with van der Waals surface area (Å²) >= 11 is 7.49. The van der Waals surface area contributed by atoms with Gasteiger partial charge in [-0.3, -0.25) is 9.59 Å². The third-order valence-corrected chi connectivity index (χ3v) is 5.12. The van der Waals surface area contributed by atoms with E-state index in [1.54, 1.807) is 11.0 Å². The average molecular weight is 361 g/mol. The maximum Gasteiger partial charge on any atom is 0.240 e. The molecule has 0 aliphatic carbocycles. The van der Waals surface area contributed by atoms with Gasteiger partial charge in [-0.2, -0.15) is 0 Å². The molecule has 2 aromatic carbocycles. The van der Waals surface area contributed by atoms with Crippen molar-refractivity contribution in [1.29, 1.82) is 0 Å². The molecule has 0 saturated carbocycles. The highest BCUT2D eigenvalue weighted by molar-refractivity contribution is 8.00. The summed E-state index contributed by atoms with van der Waals surface area (Å²) in [6.07, 6.45) is 0. The second kappa shape index (κ2) is 7.28. The van der Waals surface area contributed by atoms with Crippen molar-refractivity contribution in [2.24, 2.45) is 0 Å². The molecule has 1 unspecified atom stereocenters. The smallest absolute Gasteiger partial charge is 0.240 e. The Hall–Kier alpha value is -1.98. The summed E-state index contributed by atoms with van der Waals surface area (Å²) in [5.74, 6) is 0.107. The van der Waals surface area contributed by atoms with Crippen molar-refractivity contribution in [1.82, 2.24) is 5.32 Å². The van der Waals surface area contributed by atoms with E-state index in [2.05, 4.69) is 5.32 Å². The van der Waals surface area contributed by atoms with Gasteiger partial charge in [0.1, 0.15) is 6.54 Å². The molecule has 2 amide bonds. The van der Waals surface area contributed by atoms with E-state index in [4.69, 9.17) is 11.6 Å². The fraction of sp³-hybridized carbons (Fsp3) is 0.222. The zero-order valence-corrected chi connectivity index (χ0v) is 14.7. The van der Waals surface area contributed by atoms with Gasteiger partial charge in [-0.25, -0.2) is 0 Å². The summed E-state index contributed by atoms with van der Waals surface area (Å²) in [6, 6.07) is 14.8. The molecule has 1 atom stereocenters. The lowest BCUT2D eigenvalue weighted by Gasteiger charge is -2.28. The Morgan fingerprint density at radius 3 is 2.88 bits per heavy atom. The van der Waals surface area contributed by atoms with E-state index in [1.807, 2.05) is 49.4 Å². The Bertz CT molecular complexity index is 781. The molecule has 0 fully saturated rings. The number of amides is 2.